The molecule has 0 bridgehead atoms. The van der Waals surface area contributed by atoms with Crippen LogP contribution in [0.3, 0.4) is 0 Å². The van der Waals surface area contributed by atoms with Gasteiger partial charge in [0, 0.05) is 32.4 Å². The maximum atomic E-state index is 12.8. The maximum absolute atomic E-state index is 12.8. The monoisotopic (exact) mass is 375 g/mol. The Morgan fingerprint density at radius 3 is 2.50 bits per heavy atom. The molecule has 0 atom stereocenters. The van der Waals surface area contributed by atoms with Crippen LogP contribution in [0.5, 0.6) is 0 Å². The minimum absolute atomic E-state index is 0.103. The van der Waals surface area contributed by atoms with Crippen molar-refractivity contribution in [2.45, 2.75) is 38.1 Å². The zero-order valence-electron chi connectivity index (χ0n) is 15.4. The van der Waals surface area contributed by atoms with E-state index in [-0.39, 0.29) is 17.3 Å². The number of carbonyl (C=O) groups is 1. The fraction of sp³-hybridized carbons (Fsp3) is 0.421. The first-order chi connectivity index (χ1) is 12.3. The van der Waals surface area contributed by atoms with Crippen LogP contribution in [0.25, 0.3) is 0 Å². The normalized spacial score (nSPS) is 14.8. The Bertz CT molecular complexity index is 926. The van der Waals surface area contributed by atoms with E-state index >= 15 is 0 Å². The Morgan fingerprint density at radius 1 is 1.15 bits per heavy atom. The molecule has 1 aromatic heterocycles. The molecule has 0 saturated carbocycles. The molecule has 1 fully saturated rings. The third-order valence-electron chi connectivity index (χ3n) is 4.94. The second kappa shape index (κ2) is 7.25. The van der Waals surface area contributed by atoms with E-state index in [9.17, 15) is 13.2 Å². The topological polar surface area (TPSA) is 71.4 Å². The summed E-state index contributed by atoms with van der Waals surface area (Å²) in [5.74, 6) is -0.103. The third-order valence-corrected chi connectivity index (χ3v) is 6.46. The van der Waals surface area contributed by atoms with Crippen LogP contribution in [0.1, 0.15) is 40.2 Å². The predicted molar refractivity (Wildman–Crippen MR) is 100 cm³/mol. The van der Waals surface area contributed by atoms with Gasteiger partial charge >= 0.3 is 0 Å². The summed E-state index contributed by atoms with van der Waals surface area (Å²) < 4.78 is 29.9. The quantitative estimate of drug-likeness (QED) is 0.872. The molecule has 1 amide bonds. The van der Waals surface area contributed by atoms with E-state index in [4.69, 9.17) is 0 Å². The van der Waals surface area contributed by atoms with Crippen molar-refractivity contribution in [3.05, 3.63) is 52.8 Å². The van der Waals surface area contributed by atoms with Crippen LogP contribution < -0.4 is 4.72 Å². The zero-order valence-corrected chi connectivity index (χ0v) is 16.3. The summed E-state index contributed by atoms with van der Waals surface area (Å²) in [7, 11) is -1.97. The van der Waals surface area contributed by atoms with Crippen molar-refractivity contribution in [1.29, 1.82) is 0 Å². The van der Waals surface area contributed by atoms with Gasteiger partial charge in [0.15, 0.2) is 0 Å². The molecule has 1 saturated heterocycles. The number of hydrogen-bond acceptors (Lipinski definition) is 3. The average Bonchev–Trinajstić information content (AvgIpc) is 3.23. The van der Waals surface area contributed by atoms with Gasteiger partial charge in [0.25, 0.3) is 5.91 Å². The van der Waals surface area contributed by atoms with Gasteiger partial charge in [-0.1, -0.05) is 29.8 Å². The molecule has 0 aliphatic carbocycles. The number of rotatable bonds is 5. The summed E-state index contributed by atoms with van der Waals surface area (Å²) in [6.07, 6.45) is 2.00. The number of likely N-dealkylation sites (tertiary alicyclic amines) is 1. The van der Waals surface area contributed by atoms with E-state index in [0.717, 1.165) is 37.1 Å². The van der Waals surface area contributed by atoms with E-state index in [2.05, 4.69) is 4.72 Å². The number of nitrogens with zero attached hydrogens (tertiary/aromatic N) is 2. The van der Waals surface area contributed by atoms with Gasteiger partial charge in [-0.2, -0.15) is 0 Å². The molecular formula is C19H25N3O3S. The fourth-order valence-electron chi connectivity index (χ4n) is 3.31. The van der Waals surface area contributed by atoms with Crippen molar-refractivity contribution < 1.29 is 13.2 Å². The first-order valence-electron chi connectivity index (χ1n) is 8.80. The summed E-state index contributed by atoms with van der Waals surface area (Å²) in [5.41, 5.74) is 2.95. The number of sulfonamides is 1. The van der Waals surface area contributed by atoms with Crippen molar-refractivity contribution in [3.8, 4) is 0 Å². The molecule has 0 spiro atoms. The Morgan fingerprint density at radius 2 is 1.85 bits per heavy atom. The highest BCUT2D eigenvalue weighted by Gasteiger charge is 2.27. The van der Waals surface area contributed by atoms with Crippen molar-refractivity contribution in [1.82, 2.24) is 14.2 Å². The lowest BCUT2D eigenvalue weighted by Crippen LogP contribution is -2.29. The predicted octanol–water partition coefficient (Wildman–Crippen LogP) is 2.36. The Hall–Kier alpha value is -2.12. The van der Waals surface area contributed by atoms with Crippen molar-refractivity contribution >= 4 is 15.9 Å². The molecule has 1 N–H and O–H groups in total. The minimum Gasteiger partial charge on any atom is -0.343 e. The summed E-state index contributed by atoms with van der Waals surface area (Å²) in [5, 5.41) is 0. The van der Waals surface area contributed by atoms with Crippen molar-refractivity contribution in [3.63, 3.8) is 0 Å². The van der Waals surface area contributed by atoms with Gasteiger partial charge in [-0.3, -0.25) is 4.79 Å². The SMILES string of the molecule is Cc1cccc(CNS(=O)(=O)c2cc(C(=O)N3CCCC3)n(C)c2C)c1. The molecule has 0 radical (unpaired) electrons. The lowest BCUT2D eigenvalue weighted by Gasteiger charge is -2.15. The Kier molecular flexibility index (Phi) is 5.20. The lowest BCUT2D eigenvalue weighted by atomic mass is 10.1. The number of benzene rings is 1. The highest BCUT2D eigenvalue weighted by atomic mass is 32.2. The molecular weight excluding hydrogens is 350 g/mol. The van der Waals surface area contributed by atoms with E-state index in [1.54, 1.807) is 23.4 Å². The molecule has 0 unspecified atom stereocenters. The number of aromatic nitrogens is 1. The number of nitrogens with one attached hydrogen (secondary N) is 1. The van der Waals surface area contributed by atoms with Crippen LogP contribution in [0.15, 0.2) is 35.2 Å². The largest absolute Gasteiger partial charge is 0.343 e. The van der Waals surface area contributed by atoms with Crippen LogP contribution in [0.4, 0.5) is 0 Å². The molecule has 1 aromatic carbocycles. The maximum Gasteiger partial charge on any atom is 0.270 e. The van der Waals surface area contributed by atoms with Crippen LogP contribution in [-0.2, 0) is 23.6 Å². The first kappa shape index (κ1) is 18.7. The first-order valence-corrected chi connectivity index (χ1v) is 10.3. The van der Waals surface area contributed by atoms with Crippen molar-refractivity contribution in [2.75, 3.05) is 13.1 Å². The zero-order chi connectivity index (χ0) is 18.9. The van der Waals surface area contributed by atoms with Gasteiger partial charge in [-0.15, -0.1) is 0 Å². The smallest absolute Gasteiger partial charge is 0.270 e. The van der Waals surface area contributed by atoms with E-state index in [1.807, 2.05) is 31.2 Å². The Balaban J connectivity index is 1.83. The molecule has 1 aliphatic heterocycles. The van der Waals surface area contributed by atoms with Crippen LogP contribution in [0, 0.1) is 13.8 Å². The Labute approximate surface area is 154 Å². The third kappa shape index (κ3) is 3.68. The van der Waals surface area contributed by atoms with Gasteiger partial charge in [-0.25, -0.2) is 13.1 Å². The van der Waals surface area contributed by atoms with Crippen molar-refractivity contribution in [2.24, 2.45) is 7.05 Å². The summed E-state index contributed by atoms with van der Waals surface area (Å²) >= 11 is 0. The number of carbonyl (C=O) groups excluding carboxylic acids is 1. The molecule has 2 heterocycles. The molecule has 2 aromatic rings. The van der Waals surface area contributed by atoms with E-state index in [1.165, 1.54) is 6.07 Å². The number of amides is 1. The molecule has 1 aliphatic rings. The highest BCUT2D eigenvalue weighted by molar-refractivity contribution is 7.89. The molecule has 6 nitrogen and oxygen atoms in total. The highest BCUT2D eigenvalue weighted by Crippen LogP contribution is 2.22. The lowest BCUT2D eigenvalue weighted by molar-refractivity contribution is 0.0783. The van der Waals surface area contributed by atoms with Gasteiger partial charge < -0.3 is 9.47 Å². The summed E-state index contributed by atoms with van der Waals surface area (Å²) in [4.78, 5) is 14.6. The van der Waals surface area contributed by atoms with Gasteiger partial charge in [0.05, 0.1) is 0 Å². The standard InChI is InChI=1S/C19H25N3O3S/c1-14-7-6-8-16(11-14)13-20-26(24,25)18-12-17(21(3)15(18)2)19(23)22-9-4-5-10-22/h6-8,11-12,20H,4-5,9-10,13H2,1-3H3. The van der Waals surface area contributed by atoms with Gasteiger partial charge in [-0.05, 0) is 38.3 Å². The van der Waals surface area contributed by atoms with Gasteiger partial charge in [0.1, 0.15) is 10.6 Å². The summed E-state index contributed by atoms with van der Waals surface area (Å²) in [6.45, 7) is 5.37. The molecule has 7 heteroatoms. The number of hydrogen-bond donors (Lipinski definition) is 1. The van der Waals surface area contributed by atoms with Crippen LogP contribution >= 0.6 is 0 Å². The second-order valence-electron chi connectivity index (χ2n) is 6.85. The number of aryl methyl sites for hydroxylation is 1. The molecule has 3 rings (SSSR count). The van der Waals surface area contributed by atoms with Gasteiger partial charge in [0.2, 0.25) is 10.0 Å². The fourth-order valence-corrected chi connectivity index (χ4v) is 4.61. The van der Waals surface area contributed by atoms with E-state index in [0.29, 0.717) is 11.4 Å². The second-order valence-corrected chi connectivity index (χ2v) is 8.59. The molecule has 140 valence electrons. The van der Waals surface area contributed by atoms with Crippen LogP contribution in [-0.4, -0.2) is 36.9 Å². The minimum atomic E-state index is -3.70. The summed E-state index contributed by atoms with van der Waals surface area (Å²) in [6, 6.07) is 9.20. The van der Waals surface area contributed by atoms with Crippen LogP contribution in [0.2, 0.25) is 0 Å². The molecule has 26 heavy (non-hydrogen) atoms. The van der Waals surface area contributed by atoms with E-state index < -0.39 is 10.0 Å². The average molecular weight is 375 g/mol.